The summed E-state index contributed by atoms with van der Waals surface area (Å²) >= 11 is 12.3. The SMILES string of the molecule is COc1ccc(N2C(=S)N[C@H](c3ccccn3)[C@@H]2c2cc(C)n(-c3cc(Cl)ccc3OC)c2C)cc1NS(C)(=O)=O. The molecule has 2 N–H and O–H groups in total. The van der Waals surface area contributed by atoms with E-state index in [-0.39, 0.29) is 12.1 Å². The number of nitrogens with zero attached hydrogens (tertiary/aromatic N) is 3. The van der Waals surface area contributed by atoms with Gasteiger partial charge in [0.25, 0.3) is 0 Å². The lowest BCUT2D eigenvalue weighted by molar-refractivity contribution is 0.412. The van der Waals surface area contributed by atoms with E-state index in [2.05, 4.69) is 25.7 Å². The monoisotopic (exact) mass is 611 g/mol. The first-order valence-electron chi connectivity index (χ1n) is 12.7. The van der Waals surface area contributed by atoms with E-state index in [0.717, 1.165) is 34.6 Å². The van der Waals surface area contributed by atoms with Gasteiger partial charge in [-0.3, -0.25) is 9.71 Å². The molecule has 0 amide bonds. The molecule has 1 fully saturated rings. The largest absolute Gasteiger partial charge is 0.495 e. The van der Waals surface area contributed by atoms with Crippen molar-refractivity contribution in [3.8, 4) is 17.2 Å². The summed E-state index contributed by atoms with van der Waals surface area (Å²) < 4.78 is 40.0. The molecule has 1 saturated heterocycles. The maximum Gasteiger partial charge on any atom is 0.229 e. The maximum absolute atomic E-state index is 12.1. The van der Waals surface area contributed by atoms with E-state index in [1.165, 1.54) is 7.11 Å². The number of aryl methyl sites for hydroxylation is 1. The molecule has 0 spiro atoms. The average molecular weight is 612 g/mol. The van der Waals surface area contributed by atoms with E-state index in [0.29, 0.717) is 33.0 Å². The Bertz CT molecular complexity index is 1730. The lowest BCUT2D eigenvalue weighted by atomic mass is 9.96. The quantitative estimate of drug-likeness (QED) is 0.245. The number of hydrogen-bond acceptors (Lipinski definition) is 6. The van der Waals surface area contributed by atoms with E-state index in [1.54, 1.807) is 31.5 Å². The molecule has 9 nitrogen and oxygen atoms in total. The summed E-state index contributed by atoms with van der Waals surface area (Å²) in [5.41, 5.74) is 5.57. The number of sulfonamides is 1. The van der Waals surface area contributed by atoms with Gasteiger partial charge in [-0.2, -0.15) is 0 Å². The molecule has 0 bridgehead atoms. The summed E-state index contributed by atoms with van der Waals surface area (Å²) in [6, 6.07) is 18.1. The number of aromatic nitrogens is 2. The number of methoxy groups -OCH3 is 2. The molecule has 41 heavy (non-hydrogen) atoms. The Morgan fingerprint density at radius 2 is 1.76 bits per heavy atom. The number of halogens is 1. The summed E-state index contributed by atoms with van der Waals surface area (Å²) in [4.78, 5) is 6.63. The number of anilines is 2. The highest BCUT2D eigenvalue weighted by Gasteiger charge is 2.42. The first-order chi connectivity index (χ1) is 19.5. The normalized spacial score (nSPS) is 16.9. The third-order valence-corrected chi connectivity index (χ3v) is 8.17. The van der Waals surface area contributed by atoms with Gasteiger partial charge in [-0.1, -0.05) is 17.7 Å². The zero-order chi connectivity index (χ0) is 29.5. The van der Waals surface area contributed by atoms with Crippen molar-refractivity contribution in [1.82, 2.24) is 14.9 Å². The zero-order valence-electron chi connectivity index (χ0n) is 23.2. The fourth-order valence-electron chi connectivity index (χ4n) is 5.37. The van der Waals surface area contributed by atoms with Gasteiger partial charge in [0.2, 0.25) is 10.0 Å². The molecular weight excluding hydrogens is 582 g/mol. The third-order valence-electron chi connectivity index (χ3n) is 7.03. The Hall–Kier alpha value is -3.80. The molecule has 12 heteroatoms. The van der Waals surface area contributed by atoms with Crippen molar-refractivity contribution in [3.63, 3.8) is 0 Å². The second kappa shape index (κ2) is 11.2. The van der Waals surface area contributed by atoms with Gasteiger partial charge in [0.1, 0.15) is 11.5 Å². The summed E-state index contributed by atoms with van der Waals surface area (Å²) in [5.74, 6) is 1.08. The van der Waals surface area contributed by atoms with Crippen LogP contribution in [0.4, 0.5) is 11.4 Å². The van der Waals surface area contributed by atoms with E-state index in [1.807, 2.05) is 55.1 Å². The molecule has 0 aliphatic carbocycles. The number of hydrogen-bond donors (Lipinski definition) is 2. The Morgan fingerprint density at radius 3 is 2.41 bits per heavy atom. The average Bonchev–Trinajstić information content (AvgIpc) is 3.42. The fourth-order valence-corrected chi connectivity index (χ4v) is 6.44. The Kier molecular flexibility index (Phi) is 7.87. The molecule has 0 saturated carbocycles. The summed E-state index contributed by atoms with van der Waals surface area (Å²) in [7, 11) is -0.446. The van der Waals surface area contributed by atoms with Crippen molar-refractivity contribution < 1.29 is 17.9 Å². The van der Waals surface area contributed by atoms with Gasteiger partial charge in [-0.15, -0.1) is 0 Å². The first-order valence-corrected chi connectivity index (χ1v) is 15.4. The van der Waals surface area contributed by atoms with Crippen molar-refractivity contribution in [2.75, 3.05) is 30.1 Å². The predicted molar refractivity (Wildman–Crippen MR) is 166 cm³/mol. The van der Waals surface area contributed by atoms with Gasteiger partial charge in [0, 0.05) is 28.3 Å². The van der Waals surface area contributed by atoms with Crippen LogP contribution in [0, 0.1) is 13.8 Å². The van der Waals surface area contributed by atoms with E-state index < -0.39 is 10.0 Å². The molecule has 0 unspecified atom stereocenters. The number of thiocarbonyl (C=S) groups is 1. The summed E-state index contributed by atoms with van der Waals surface area (Å²) in [5, 5.41) is 4.53. The molecule has 5 rings (SSSR count). The molecule has 2 aromatic carbocycles. The number of rotatable bonds is 8. The molecule has 2 atom stereocenters. The fraction of sp³-hybridized carbons (Fsp3) is 0.241. The minimum Gasteiger partial charge on any atom is -0.495 e. The molecular formula is C29H30ClN5O4S2. The molecule has 3 heterocycles. The van der Waals surface area contributed by atoms with Crippen molar-refractivity contribution >= 4 is 50.3 Å². The van der Waals surface area contributed by atoms with Crippen LogP contribution in [0.5, 0.6) is 11.5 Å². The number of ether oxygens (including phenoxy) is 2. The maximum atomic E-state index is 12.1. The van der Waals surface area contributed by atoms with Crippen LogP contribution in [-0.4, -0.2) is 43.6 Å². The zero-order valence-corrected chi connectivity index (χ0v) is 25.6. The van der Waals surface area contributed by atoms with Crippen LogP contribution in [0.2, 0.25) is 5.02 Å². The predicted octanol–water partition coefficient (Wildman–Crippen LogP) is 5.71. The number of nitrogens with one attached hydrogen (secondary N) is 2. The first kappa shape index (κ1) is 28.7. The summed E-state index contributed by atoms with van der Waals surface area (Å²) in [6.07, 6.45) is 2.85. The van der Waals surface area contributed by atoms with E-state index >= 15 is 0 Å². The molecule has 214 valence electrons. The number of pyridine rings is 1. The van der Waals surface area contributed by atoms with Gasteiger partial charge < -0.3 is 24.3 Å². The van der Waals surface area contributed by atoms with Crippen LogP contribution >= 0.6 is 23.8 Å². The Balaban J connectivity index is 1.71. The minimum absolute atomic E-state index is 0.299. The third kappa shape index (κ3) is 5.57. The van der Waals surface area contributed by atoms with Gasteiger partial charge in [0.15, 0.2) is 5.11 Å². The van der Waals surface area contributed by atoms with E-state index in [9.17, 15) is 8.42 Å². The smallest absolute Gasteiger partial charge is 0.229 e. The second-order valence-corrected chi connectivity index (χ2v) is 12.3. The highest BCUT2D eigenvalue weighted by Crippen LogP contribution is 2.45. The van der Waals surface area contributed by atoms with Gasteiger partial charge in [-0.25, -0.2) is 8.42 Å². The standard InChI is InChI=1S/C29H30ClN5O4S2/c1-17-14-21(18(2)34(17)24-15-19(30)9-11-26(24)39-4)28-27(22-8-6-7-13-31-22)32-29(40)35(28)20-10-12-25(38-3)23(16-20)33-41(5,36)37/h6-16,27-28,33H,1-5H3,(H,32,40)/t27-,28+/m1/s1. The molecule has 4 aromatic rings. The van der Waals surface area contributed by atoms with Crippen molar-refractivity contribution in [1.29, 1.82) is 0 Å². The Labute approximate surface area is 250 Å². The highest BCUT2D eigenvalue weighted by molar-refractivity contribution is 7.92. The van der Waals surface area contributed by atoms with Crippen LogP contribution < -0.4 is 24.4 Å². The molecule has 0 radical (unpaired) electrons. The minimum atomic E-state index is -3.57. The van der Waals surface area contributed by atoms with Crippen LogP contribution in [0.15, 0.2) is 66.9 Å². The topological polar surface area (TPSA) is 97.7 Å². The van der Waals surface area contributed by atoms with Gasteiger partial charge in [0.05, 0.1) is 49.6 Å². The molecule has 2 aromatic heterocycles. The van der Waals surface area contributed by atoms with E-state index in [4.69, 9.17) is 33.3 Å². The lowest BCUT2D eigenvalue weighted by Gasteiger charge is -2.29. The van der Waals surface area contributed by atoms with Gasteiger partial charge in [-0.05, 0) is 86.2 Å². The van der Waals surface area contributed by atoms with Crippen LogP contribution in [-0.2, 0) is 10.0 Å². The lowest BCUT2D eigenvalue weighted by Crippen LogP contribution is -2.29. The molecule has 1 aliphatic rings. The van der Waals surface area contributed by atoms with Crippen molar-refractivity contribution in [3.05, 3.63) is 94.5 Å². The summed E-state index contributed by atoms with van der Waals surface area (Å²) in [6.45, 7) is 4.07. The number of benzene rings is 2. The van der Waals surface area contributed by atoms with Crippen LogP contribution in [0.3, 0.4) is 0 Å². The highest BCUT2D eigenvalue weighted by atomic mass is 35.5. The van der Waals surface area contributed by atoms with Gasteiger partial charge >= 0.3 is 0 Å². The molecule has 1 aliphatic heterocycles. The Morgan fingerprint density at radius 1 is 1.02 bits per heavy atom. The second-order valence-electron chi connectivity index (χ2n) is 9.73. The van der Waals surface area contributed by atoms with Crippen LogP contribution in [0.1, 0.15) is 34.7 Å². The van der Waals surface area contributed by atoms with Crippen LogP contribution in [0.25, 0.3) is 5.69 Å². The van der Waals surface area contributed by atoms with Crippen molar-refractivity contribution in [2.24, 2.45) is 0 Å². The van der Waals surface area contributed by atoms with Crippen molar-refractivity contribution in [2.45, 2.75) is 25.9 Å².